The van der Waals surface area contributed by atoms with E-state index in [0.29, 0.717) is 18.4 Å². The number of carbonyl (C=O) groups is 1. The first kappa shape index (κ1) is 15.2. The van der Waals surface area contributed by atoms with Gasteiger partial charge in [-0.2, -0.15) is 11.3 Å². The summed E-state index contributed by atoms with van der Waals surface area (Å²) in [6, 6.07) is 2.38. The fraction of sp³-hybridized carbons (Fsp3) is 0.562. The molecule has 1 amide bonds. The molecule has 118 valence electrons. The normalized spacial score (nSPS) is 18.9. The molecule has 0 unspecified atom stereocenters. The lowest BCUT2D eigenvalue weighted by molar-refractivity contribution is -0.131. The first-order valence-corrected chi connectivity index (χ1v) is 8.77. The summed E-state index contributed by atoms with van der Waals surface area (Å²) >= 11 is 1.64. The smallest absolute Gasteiger partial charge is 0.227 e. The summed E-state index contributed by atoms with van der Waals surface area (Å²) < 4.78 is 2.12. The van der Waals surface area contributed by atoms with E-state index in [0.717, 1.165) is 37.3 Å². The van der Waals surface area contributed by atoms with Gasteiger partial charge < -0.3 is 9.47 Å². The van der Waals surface area contributed by atoms with Crippen LogP contribution in [0.25, 0.3) is 0 Å². The number of nitrogens with zero attached hydrogens (tertiary/aromatic N) is 4. The van der Waals surface area contributed by atoms with Gasteiger partial charge in [0.25, 0.3) is 0 Å². The maximum atomic E-state index is 12.5. The predicted octanol–water partition coefficient (Wildman–Crippen LogP) is 2.87. The van der Waals surface area contributed by atoms with Gasteiger partial charge in [0.1, 0.15) is 12.2 Å². The molecule has 3 rings (SSSR count). The highest BCUT2D eigenvalue weighted by Gasteiger charge is 2.28. The van der Waals surface area contributed by atoms with Crippen LogP contribution >= 0.6 is 11.3 Å². The van der Waals surface area contributed by atoms with E-state index < -0.39 is 0 Å². The van der Waals surface area contributed by atoms with Crippen molar-refractivity contribution in [2.24, 2.45) is 0 Å². The molecule has 6 heteroatoms. The number of hydrogen-bond acceptors (Lipinski definition) is 4. The predicted molar refractivity (Wildman–Crippen MR) is 87.0 cm³/mol. The fourth-order valence-corrected chi connectivity index (χ4v) is 3.70. The third-order valence-electron chi connectivity index (χ3n) is 4.23. The summed E-state index contributed by atoms with van der Waals surface area (Å²) in [5.41, 5.74) is 1.11. The zero-order valence-electron chi connectivity index (χ0n) is 13.1. The van der Waals surface area contributed by atoms with Crippen molar-refractivity contribution in [1.82, 2.24) is 19.7 Å². The highest BCUT2D eigenvalue weighted by molar-refractivity contribution is 7.07. The van der Waals surface area contributed by atoms with Crippen molar-refractivity contribution >= 4 is 17.2 Å². The molecule has 1 aliphatic heterocycles. The van der Waals surface area contributed by atoms with Crippen molar-refractivity contribution < 1.29 is 4.79 Å². The first-order chi connectivity index (χ1) is 10.6. The molecular weight excluding hydrogens is 296 g/mol. The topological polar surface area (TPSA) is 51.0 Å². The number of aromatic nitrogens is 3. The van der Waals surface area contributed by atoms with E-state index in [9.17, 15) is 4.79 Å². The minimum Gasteiger partial charge on any atom is -0.342 e. The SMILES string of the molecule is CC(C)n1cnnc1[C@@H]1CCCN(C(=O)Cc2ccsc2)C1. The summed E-state index contributed by atoms with van der Waals surface area (Å²) in [4.78, 5) is 14.5. The first-order valence-electron chi connectivity index (χ1n) is 7.83. The van der Waals surface area contributed by atoms with Crippen molar-refractivity contribution in [2.45, 2.75) is 45.1 Å². The van der Waals surface area contributed by atoms with Gasteiger partial charge in [0.2, 0.25) is 5.91 Å². The quantitative estimate of drug-likeness (QED) is 0.871. The molecule has 5 nitrogen and oxygen atoms in total. The van der Waals surface area contributed by atoms with E-state index in [-0.39, 0.29) is 5.91 Å². The molecule has 0 aromatic carbocycles. The average molecular weight is 318 g/mol. The minimum atomic E-state index is 0.221. The summed E-state index contributed by atoms with van der Waals surface area (Å²) in [5, 5.41) is 12.4. The van der Waals surface area contributed by atoms with E-state index in [1.807, 2.05) is 16.3 Å². The molecule has 0 aliphatic carbocycles. The lowest BCUT2D eigenvalue weighted by Crippen LogP contribution is -2.40. The molecule has 0 radical (unpaired) electrons. The van der Waals surface area contributed by atoms with Crippen LogP contribution in [0.15, 0.2) is 23.2 Å². The van der Waals surface area contributed by atoms with Crippen LogP contribution in [0, 0.1) is 0 Å². The van der Waals surface area contributed by atoms with Gasteiger partial charge in [0, 0.05) is 25.0 Å². The summed E-state index contributed by atoms with van der Waals surface area (Å²) in [5.74, 6) is 1.53. The third-order valence-corrected chi connectivity index (χ3v) is 4.96. The molecule has 3 heterocycles. The second-order valence-corrected chi connectivity index (χ2v) is 6.96. The van der Waals surface area contributed by atoms with Crippen LogP contribution in [0.2, 0.25) is 0 Å². The lowest BCUT2D eigenvalue weighted by Gasteiger charge is -2.32. The molecule has 0 spiro atoms. The van der Waals surface area contributed by atoms with Crippen LogP contribution in [0.3, 0.4) is 0 Å². The van der Waals surface area contributed by atoms with Crippen LogP contribution in [-0.4, -0.2) is 38.7 Å². The van der Waals surface area contributed by atoms with E-state index in [4.69, 9.17) is 0 Å². The van der Waals surface area contributed by atoms with Crippen LogP contribution in [0.4, 0.5) is 0 Å². The third kappa shape index (κ3) is 3.21. The molecule has 1 saturated heterocycles. The molecule has 1 atom stereocenters. The zero-order valence-corrected chi connectivity index (χ0v) is 13.9. The Hall–Kier alpha value is -1.69. The zero-order chi connectivity index (χ0) is 15.5. The van der Waals surface area contributed by atoms with Gasteiger partial charge in [-0.05, 0) is 49.1 Å². The molecule has 0 bridgehead atoms. The van der Waals surface area contributed by atoms with Gasteiger partial charge >= 0.3 is 0 Å². The highest BCUT2D eigenvalue weighted by Crippen LogP contribution is 2.27. The minimum absolute atomic E-state index is 0.221. The molecule has 1 fully saturated rings. The maximum absolute atomic E-state index is 12.5. The molecular formula is C16H22N4OS. The van der Waals surface area contributed by atoms with Crippen molar-refractivity contribution in [3.63, 3.8) is 0 Å². The summed E-state index contributed by atoms with van der Waals surface area (Å²) in [6.45, 7) is 5.88. The van der Waals surface area contributed by atoms with Crippen molar-refractivity contribution in [3.05, 3.63) is 34.5 Å². The number of carbonyl (C=O) groups excluding carboxylic acids is 1. The fourth-order valence-electron chi connectivity index (χ4n) is 3.04. The molecule has 1 aliphatic rings. The van der Waals surface area contributed by atoms with Gasteiger partial charge in [-0.25, -0.2) is 0 Å². The van der Waals surface area contributed by atoms with E-state index in [2.05, 4.69) is 34.0 Å². The van der Waals surface area contributed by atoms with Gasteiger partial charge in [0.05, 0.1) is 6.42 Å². The second-order valence-electron chi connectivity index (χ2n) is 6.18. The Kier molecular flexibility index (Phi) is 4.57. The number of hydrogen-bond donors (Lipinski definition) is 0. The van der Waals surface area contributed by atoms with Crippen LogP contribution < -0.4 is 0 Å². The molecule has 0 saturated carbocycles. The maximum Gasteiger partial charge on any atom is 0.227 e. The lowest BCUT2D eigenvalue weighted by atomic mass is 9.96. The summed E-state index contributed by atoms with van der Waals surface area (Å²) in [7, 11) is 0. The largest absolute Gasteiger partial charge is 0.342 e. The number of amides is 1. The Morgan fingerprint density at radius 3 is 3.09 bits per heavy atom. The van der Waals surface area contributed by atoms with E-state index in [1.165, 1.54) is 0 Å². The number of rotatable bonds is 4. The highest BCUT2D eigenvalue weighted by atomic mass is 32.1. The Bertz CT molecular complexity index is 620. The van der Waals surface area contributed by atoms with Crippen molar-refractivity contribution in [3.8, 4) is 0 Å². The van der Waals surface area contributed by atoms with Crippen molar-refractivity contribution in [1.29, 1.82) is 0 Å². The molecule has 22 heavy (non-hydrogen) atoms. The Balaban J connectivity index is 1.68. The van der Waals surface area contributed by atoms with Crippen LogP contribution in [0.1, 0.15) is 50.0 Å². The standard InChI is InChI=1S/C16H22N4OS/c1-12(2)20-11-17-18-16(20)14-4-3-6-19(9-14)15(21)8-13-5-7-22-10-13/h5,7,10-12,14H,3-4,6,8-9H2,1-2H3/t14-/m1/s1. The second kappa shape index (κ2) is 6.60. The van der Waals surface area contributed by atoms with Crippen LogP contribution in [-0.2, 0) is 11.2 Å². The molecule has 2 aromatic rings. The van der Waals surface area contributed by atoms with Gasteiger partial charge in [0.15, 0.2) is 0 Å². The monoisotopic (exact) mass is 318 g/mol. The van der Waals surface area contributed by atoms with Gasteiger partial charge in [-0.15, -0.1) is 10.2 Å². The van der Waals surface area contributed by atoms with Gasteiger partial charge in [-0.3, -0.25) is 4.79 Å². The summed E-state index contributed by atoms with van der Waals surface area (Å²) in [6.07, 6.45) is 4.41. The van der Waals surface area contributed by atoms with E-state index >= 15 is 0 Å². The molecule has 0 N–H and O–H groups in total. The average Bonchev–Trinajstić information content (AvgIpc) is 3.18. The number of likely N-dealkylation sites (tertiary alicyclic amines) is 1. The van der Waals surface area contributed by atoms with Gasteiger partial charge in [-0.1, -0.05) is 0 Å². The number of piperidine rings is 1. The Morgan fingerprint density at radius 2 is 2.36 bits per heavy atom. The molecule has 2 aromatic heterocycles. The number of thiophene rings is 1. The van der Waals surface area contributed by atoms with E-state index in [1.54, 1.807) is 17.7 Å². The Labute approximate surface area is 135 Å². The van der Waals surface area contributed by atoms with Crippen molar-refractivity contribution in [2.75, 3.05) is 13.1 Å². The Morgan fingerprint density at radius 1 is 1.50 bits per heavy atom. The van der Waals surface area contributed by atoms with Crippen LogP contribution in [0.5, 0.6) is 0 Å².